The number of aromatic nitrogens is 3. The molecule has 3 aromatic rings. The van der Waals surface area contributed by atoms with E-state index in [0.717, 1.165) is 30.2 Å². The standard InChI is InChI=1S/C20H18F3N5O/c21-20(22,23)17-7-6-13(19(24)28-17)16-9-18(26-10-25-16)27-15-3-1-2-11-4-5-12(29)8-14(11)15/h1-3,6-7,9-10,12,29H,4-5,8H2,(H2,24,28)(H,25,26,27). The Morgan fingerprint density at radius 1 is 1.14 bits per heavy atom. The van der Waals surface area contributed by atoms with Gasteiger partial charge in [0.15, 0.2) is 0 Å². The van der Waals surface area contributed by atoms with Crippen LogP contribution in [0.3, 0.4) is 0 Å². The second-order valence-corrected chi connectivity index (χ2v) is 6.88. The number of aliphatic hydroxyl groups excluding tert-OH is 1. The number of aryl methyl sites for hydroxylation is 1. The molecule has 0 amide bonds. The lowest BCUT2D eigenvalue weighted by atomic mass is 9.88. The SMILES string of the molecule is Nc1nc(C(F)(F)F)ccc1-c1cc(Nc2cccc3c2CC(O)CC3)ncn1. The summed E-state index contributed by atoms with van der Waals surface area (Å²) in [5.41, 5.74) is 8.35. The fraction of sp³-hybridized carbons (Fsp3) is 0.250. The molecule has 2 aromatic heterocycles. The van der Waals surface area contributed by atoms with E-state index in [1.807, 2.05) is 18.2 Å². The van der Waals surface area contributed by atoms with E-state index in [2.05, 4.69) is 20.3 Å². The largest absolute Gasteiger partial charge is 0.433 e. The molecule has 29 heavy (non-hydrogen) atoms. The zero-order valence-corrected chi connectivity index (χ0v) is 15.2. The number of nitrogens with zero attached hydrogens (tertiary/aromatic N) is 3. The molecule has 6 nitrogen and oxygen atoms in total. The van der Waals surface area contributed by atoms with Crippen molar-refractivity contribution in [3.63, 3.8) is 0 Å². The third kappa shape index (κ3) is 4.00. The first-order valence-electron chi connectivity index (χ1n) is 9.03. The Bertz CT molecular complexity index is 1050. The van der Waals surface area contributed by atoms with E-state index < -0.39 is 11.9 Å². The summed E-state index contributed by atoms with van der Waals surface area (Å²) >= 11 is 0. The molecule has 1 unspecified atom stereocenters. The van der Waals surface area contributed by atoms with Crippen molar-refractivity contribution in [1.29, 1.82) is 0 Å². The molecule has 1 aliphatic carbocycles. The number of aliphatic hydroxyl groups is 1. The average molecular weight is 401 g/mol. The monoisotopic (exact) mass is 401 g/mol. The van der Waals surface area contributed by atoms with Crippen molar-refractivity contribution >= 4 is 17.3 Å². The van der Waals surface area contributed by atoms with Crippen molar-refractivity contribution in [2.75, 3.05) is 11.1 Å². The van der Waals surface area contributed by atoms with Crippen LogP contribution in [0.5, 0.6) is 0 Å². The van der Waals surface area contributed by atoms with Gasteiger partial charge in [0.1, 0.15) is 23.7 Å². The number of benzene rings is 1. The number of nitrogens with two attached hydrogens (primary N) is 1. The predicted octanol–water partition coefficient (Wildman–Crippen LogP) is 3.73. The quantitative estimate of drug-likeness (QED) is 0.619. The Kier molecular flexibility index (Phi) is 4.83. The van der Waals surface area contributed by atoms with Crippen LogP contribution >= 0.6 is 0 Å². The highest BCUT2D eigenvalue weighted by Gasteiger charge is 2.33. The van der Waals surface area contributed by atoms with Crippen LogP contribution in [0, 0.1) is 0 Å². The van der Waals surface area contributed by atoms with E-state index in [1.165, 1.54) is 18.0 Å². The first-order chi connectivity index (χ1) is 13.8. The number of rotatable bonds is 3. The fourth-order valence-electron chi connectivity index (χ4n) is 3.45. The third-order valence-electron chi connectivity index (χ3n) is 4.88. The maximum atomic E-state index is 12.8. The highest BCUT2D eigenvalue weighted by atomic mass is 19.4. The number of anilines is 3. The van der Waals surface area contributed by atoms with Gasteiger partial charge in [-0.15, -0.1) is 0 Å². The van der Waals surface area contributed by atoms with Crippen molar-refractivity contribution in [2.45, 2.75) is 31.5 Å². The van der Waals surface area contributed by atoms with Crippen LogP contribution in [0.1, 0.15) is 23.2 Å². The molecule has 4 N–H and O–H groups in total. The number of fused-ring (bicyclic) bond motifs is 1. The molecule has 150 valence electrons. The smallest absolute Gasteiger partial charge is 0.393 e. The van der Waals surface area contributed by atoms with E-state index >= 15 is 0 Å². The molecule has 0 bridgehead atoms. The predicted molar refractivity (Wildman–Crippen MR) is 102 cm³/mol. The topological polar surface area (TPSA) is 97.0 Å². The van der Waals surface area contributed by atoms with Gasteiger partial charge < -0.3 is 16.2 Å². The molecule has 0 saturated carbocycles. The molecule has 1 aromatic carbocycles. The van der Waals surface area contributed by atoms with E-state index in [9.17, 15) is 18.3 Å². The molecule has 0 spiro atoms. The van der Waals surface area contributed by atoms with E-state index in [-0.39, 0.29) is 17.5 Å². The van der Waals surface area contributed by atoms with Crippen LogP contribution in [-0.4, -0.2) is 26.2 Å². The summed E-state index contributed by atoms with van der Waals surface area (Å²) in [5.74, 6) is 0.201. The van der Waals surface area contributed by atoms with Gasteiger partial charge in [-0.3, -0.25) is 0 Å². The minimum absolute atomic E-state index is 0.260. The molecular formula is C20H18F3N5O. The van der Waals surface area contributed by atoms with Crippen LogP contribution in [-0.2, 0) is 19.0 Å². The summed E-state index contributed by atoms with van der Waals surface area (Å²) in [6.07, 6.45) is -1.57. The van der Waals surface area contributed by atoms with Crippen LogP contribution in [0.25, 0.3) is 11.3 Å². The second kappa shape index (κ2) is 7.32. The maximum Gasteiger partial charge on any atom is 0.433 e. The molecule has 0 fully saturated rings. The van der Waals surface area contributed by atoms with E-state index in [4.69, 9.17) is 5.73 Å². The number of halogens is 3. The summed E-state index contributed by atoms with van der Waals surface area (Å²) in [6, 6.07) is 9.57. The van der Waals surface area contributed by atoms with Crippen molar-refractivity contribution < 1.29 is 18.3 Å². The number of alkyl halides is 3. The molecule has 9 heteroatoms. The fourth-order valence-corrected chi connectivity index (χ4v) is 3.45. The minimum atomic E-state index is -4.57. The van der Waals surface area contributed by atoms with Crippen LogP contribution in [0.4, 0.5) is 30.5 Å². The van der Waals surface area contributed by atoms with Gasteiger partial charge in [-0.1, -0.05) is 12.1 Å². The molecule has 4 rings (SSSR count). The third-order valence-corrected chi connectivity index (χ3v) is 4.88. The average Bonchev–Trinajstić information content (AvgIpc) is 2.68. The molecule has 0 saturated heterocycles. The van der Waals surface area contributed by atoms with Gasteiger partial charge in [-0.25, -0.2) is 15.0 Å². The van der Waals surface area contributed by atoms with E-state index in [0.29, 0.717) is 17.9 Å². The Morgan fingerprint density at radius 2 is 1.97 bits per heavy atom. The second-order valence-electron chi connectivity index (χ2n) is 6.88. The van der Waals surface area contributed by atoms with Crippen LogP contribution in [0.2, 0.25) is 0 Å². The summed E-state index contributed by atoms with van der Waals surface area (Å²) in [7, 11) is 0. The molecular weight excluding hydrogens is 383 g/mol. The van der Waals surface area contributed by atoms with Crippen LogP contribution < -0.4 is 11.1 Å². The Morgan fingerprint density at radius 3 is 2.72 bits per heavy atom. The lowest BCUT2D eigenvalue weighted by Gasteiger charge is -2.23. The lowest BCUT2D eigenvalue weighted by molar-refractivity contribution is -0.141. The first kappa shape index (κ1) is 19.1. The van der Waals surface area contributed by atoms with Gasteiger partial charge in [0.2, 0.25) is 0 Å². The van der Waals surface area contributed by atoms with Crippen molar-refractivity contribution in [3.05, 3.63) is 59.5 Å². The minimum Gasteiger partial charge on any atom is -0.393 e. The molecule has 0 radical (unpaired) electrons. The number of hydrogen-bond donors (Lipinski definition) is 3. The van der Waals surface area contributed by atoms with Gasteiger partial charge >= 0.3 is 6.18 Å². The summed E-state index contributed by atoms with van der Waals surface area (Å²) in [5, 5.41) is 13.2. The highest BCUT2D eigenvalue weighted by Crippen LogP contribution is 2.33. The number of hydrogen-bond acceptors (Lipinski definition) is 6. The number of nitrogen functional groups attached to an aromatic ring is 1. The highest BCUT2D eigenvalue weighted by molar-refractivity contribution is 5.74. The number of nitrogens with one attached hydrogen (secondary N) is 1. The summed E-state index contributed by atoms with van der Waals surface area (Å²) < 4.78 is 38.4. The molecule has 0 aliphatic heterocycles. The zero-order chi connectivity index (χ0) is 20.6. The van der Waals surface area contributed by atoms with Gasteiger partial charge in [0.05, 0.1) is 11.8 Å². The van der Waals surface area contributed by atoms with Gasteiger partial charge in [0.25, 0.3) is 0 Å². The Balaban J connectivity index is 1.64. The maximum absolute atomic E-state index is 12.8. The first-order valence-corrected chi connectivity index (χ1v) is 9.03. The van der Waals surface area contributed by atoms with Gasteiger partial charge in [0, 0.05) is 23.7 Å². The Labute approximate surface area is 164 Å². The number of pyridine rings is 1. The van der Waals surface area contributed by atoms with Crippen LogP contribution in [0.15, 0.2) is 42.7 Å². The molecule has 2 heterocycles. The van der Waals surface area contributed by atoms with Crippen molar-refractivity contribution in [3.8, 4) is 11.3 Å². The summed E-state index contributed by atoms with van der Waals surface area (Å²) in [6.45, 7) is 0. The van der Waals surface area contributed by atoms with Gasteiger partial charge in [-0.05, 0) is 42.2 Å². The van der Waals surface area contributed by atoms with Crippen molar-refractivity contribution in [1.82, 2.24) is 15.0 Å². The lowest BCUT2D eigenvalue weighted by Crippen LogP contribution is -2.19. The van der Waals surface area contributed by atoms with Gasteiger partial charge in [-0.2, -0.15) is 13.2 Å². The summed E-state index contributed by atoms with van der Waals surface area (Å²) in [4.78, 5) is 11.7. The Hall–Kier alpha value is -3.20. The van der Waals surface area contributed by atoms with E-state index in [1.54, 1.807) is 6.07 Å². The molecule has 1 aliphatic rings. The normalized spacial score (nSPS) is 16.3. The zero-order valence-electron chi connectivity index (χ0n) is 15.2. The molecule has 1 atom stereocenters. The van der Waals surface area contributed by atoms with Crippen molar-refractivity contribution in [2.24, 2.45) is 0 Å².